The van der Waals surface area contributed by atoms with Crippen LogP contribution in [-0.4, -0.2) is 32.8 Å². The second-order valence-electron chi connectivity index (χ2n) is 9.85. The number of halogens is 4. The lowest BCUT2D eigenvalue weighted by atomic mass is 9.67. The van der Waals surface area contributed by atoms with Gasteiger partial charge in [-0.05, 0) is 41.7 Å². The lowest BCUT2D eigenvalue weighted by Crippen LogP contribution is -2.40. The van der Waals surface area contributed by atoms with Crippen molar-refractivity contribution in [2.75, 3.05) is 0 Å². The fourth-order valence-electron chi connectivity index (χ4n) is 4.74. The number of carboxylic acids is 1. The predicted octanol–water partition coefficient (Wildman–Crippen LogP) is 6.58. The second-order valence-corrected chi connectivity index (χ2v) is 11.5. The summed E-state index contributed by atoms with van der Waals surface area (Å²) in [6, 6.07) is 26.4. The highest BCUT2D eigenvalue weighted by Crippen LogP contribution is 2.59. The maximum atomic E-state index is 14.4. The number of hydrogen-bond donors (Lipinski definition) is 3. The number of hydrogen-bond acceptors (Lipinski definition) is 4. The van der Waals surface area contributed by atoms with E-state index in [4.69, 9.17) is 14.9 Å². The van der Waals surface area contributed by atoms with Crippen LogP contribution in [0.15, 0.2) is 109 Å². The van der Waals surface area contributed by atoms with Crippen LogP contribution in [0.1, 0.15) is 32.6 Å². The van der Waals surface area contributed by atoms with E-state index in [-0.39, 0.29) is 18.6 Å². The topological polar surface area (TPSA) is 121 Å². The number of Topliss-reactive ketones (excluding diaryl/α,β-unsaturated/α-hetero) is 1. The quantitative estimate of drug-likeness (QED) is 0.0935. The molecule has 0 aromatic heterocycles. The predicted molar refractivity (Wildman–Crippen MR) is 148 cm³/mol. The number of ketones is 1. The van der Waals surface area contributed by atoms with Crippen LogP contribution in [0.5, 0.6) is 5.75 Å². The first-order valence-electron chi connectivity index (χ1n) is 12.7. The molecule has 4 rings (SSSR count). The molecule has 0 heterocycles. The molecule has 0 saturated heterocycles. The fourth-order valence-corrected chi connectivity index (χ4v) is 5.22. The Morgan fingerprint density at radius 2 is 1.14 bits per heavy atom. The molecule has 0 aliphatic carbocycles. The van der Waals surface area contributed by atoms with E-state index in [1.54, 1.807) is 60.7 Å². The van der Waals surface area contributed by atoms with Gasteiger partial charge in [0.05, 0.1) is 5.41 Å². The van der Waals surface area contributed by atoms with Crippen LogP contribution >= 0.6 is 7.60 Å². The van der Waals surface area contributed by atoms with Gasteiger partial charge < -0.3 is 19.6 Å². The summed E-state index contributed by atoms with van der Waals surface area (Å²) in [7, 11) is -5.80. The zero-order chi connectivity index (χ0) is 31.5. The molecule has 0 aliphatic rings. The number of carboxylic acid groups (broad SMARTS) is 1. The molecule has 0 bridgehead atoms. The molecular formula is C31H25F4O7P. The first-order chi connectivity index (χ1) is 20.2. The van der Waals surface area contributed by atoms with Gasteiger partial charge in [0, 0.05) is 11.1 Å². The van der Waals surface area contributed by atoms with Crippen LogP contribution in [-0.2, 0) is 33.3 Å². The summed E-state index contributed by atoms with van der Waals surface area (Å²) < 4.78 is 71.4. The monoisotopic (exact) mass is 616 g/mol. The number of alkyl halides is 4. The summed E-state index contributed by atoms with van der Waals surface area (Å²) in [4.78, 5) is 43.3. The van der Waals surface area contributed by atoms with E-state index in [0.29, 0.717) is 22.3 Å². The maximum absolute atomic E-state index is 14.4. The standard InChI is InChI=1S/C31H25F4O7P/c32-30(33,28(37)38)42-26-17-13-22(14-18-26)20-29(24-9-5-2-6-10-24,27(36)23-7-3-1-4-8-23)19-21-11-15-25(16-12-21)31(34,35)43(39,40)41/h1-18H,19-20H2,(H,37,38)(H2,39,40,41). The molecule has 1 unspecified atom stereocenters. The third-order valence-corrected chi connectivity index (χ3v) is 7.88. The molecule has 7 nitrogen and oxygen atoms in total. The molecule has 0 aliphatic heterocycles. The molecular weight excluding hydrogens is 591 g/mol. The Kier molecular flexibility index (Phi) is 8.92. The zero-order valence-corrected chi connectivity index (χ0v) is 23.1. The average molecular weight is 617 g/mol. The van der Waals surface area contributed by atoms with E-state index in [1.807, 2.05) is 0 Å². The maximum Gasteiger partial charge on any atom is 0.501 e. The molecule has 224 valence electrons. The van der Waals surface area contributed by atoms with E-state index in [1.165, 1.54) is 24.3 Å². The first-order valence-corrected chi connectivity index (χ1v) is 14.3. The lowest BCUT2D eigenvalue weighted by Gasteiger charge is -2.34. The van der Waals surface area contributed by atoms with Crippen LogP contribution in [0.3, 0.4) is 0 Å². The van der Waals surface area contributed by atoms with E-state index in [0.717, 1.165) is 24.3 Å². The highest BCUT2D eigenvalue weighted by Gasteiger charge is 2.50. The van der Waals surface area contributed by atoms with E-state index in [9.17, 15) is 31.7 Å². The van der Waals surface area contributed by atoms with Crippen molar-refractivity contribution in [3.8, 4) is 5.75 Å². The Balaban J connectivity index is 1.80. The summed E-state index contributed by atoms with van der Waals surface area (Å²) in [6.07, 6.45) is -4.50. The molecule has 1 atom stereocenters. The van der Waals surface area contributed by atoms with Crippen molar-refractivity contribution in [1.29, 1.82) is 0 Å². The minimum Gasteiger partial charge on any atom is -0.474 e. The molecule has 43 heavy (non-hydrogen) atoms. The molecule has 4 aromatic carbocycles. The number of carbonyl (C=O) groups is 2. The van der Waals surface area contributed by atoms with Crippen LogP contribution in [0.4, 0.5) is 17.6 Å². The lowest BCUT2D eigenvalue weighted by molar-refractivity contribution is -0.210. The third-order valence-electron chi connectivity index (χ3n) is 6.89. The van der Waals surface area contributed by atoms with Gasteiger partial charge >= 0.3 is 25.3 Å². The molecule has 4 aromatic rings. The largest absolute Gasteiger partial charge is 0.501 e. The SMILES string of the molecule is O=C(O)C(F)(F)Oc1ccc(CC(Cc2ccc(C(F)(F)P(=O)(O)O)cc2)(C(=O)c2ccccc2)c2ccccc2)cc1. The fraction of sp³-hybridized carbons (Fsp3) is 0.161. The van der Waals surface area contributed by atoms with Gasteiger partial charge in [0.1, 0.15) is 5.75 Å². The molecule has 0 saturated carbocycles. The molecule has 0 fully saturated rings. The zero-order valence-electron chi connectivity index (χ0n) is 22.2. The summed E-state index contributed by atoms with van der Waals surface area (Å²) in [6.45, 7) is 0. The van der Waals surface area contributed by atoms with Crippen molar-refractivity contribution >= 4 is 19.3 Å². The summed E-state index contributed by atoms with van der Waals surface area (Å²) >= 11 is 0. The van der Waals surface area contributed by atoms with Crippen molar-refractivity contribution in [2.45, 2.75) is 30.0 Å². The number of benzene rings is 4. The van der Waals surface area contributed by atoms with Gasteiger partial charge in [0.25, 0.3) is 0 Å². The third kappa shape index (κ3) is 6.85. The van der Waals surface area contributed by atoms with E-state index >= 15 is 0 Å². The smallest absolute Gasteiger partial charge is 0.474 e. The average Bonchev–Trinajstić information content (AvgIpc) is 2.98. The normalized spacial score (nSPS) is 13.6. The van der Waals surface area contributed by atoms with Crippen molar-refractivity contribution in [2.24, 2.45) is 0 Å². The first kappa shape index (κ1) is 31.6. The second kappa shape index (κ2) is 12.1. The van der Waals surface area contributed by atoms with Crippen molar-refractivity contribution in [3.63, 3.8) is 0 Å². The van der Waals surface area contributed by atoms with Gasteiger partial charge in [0.15, 0.2) is 5.78 Å². The minimum atomic E-state index is -5.80. The Bertz CT molecular complexity index is 1620. The Morgan fingerprint density at radius 1 is 0.674 bits per heavy atom. The Hall–Kier alpha value is -4.31. The van der Waals surface area contributed by atoms with E-state index < -0.39 is 42.1 Å². The van der Waals surface area contributed by atoms with Gasteiger partial charge in [-0.15, -0.1) is 0 Å². The number of rotatable bonds is 12. The van der Waals surface area contributed by atoms with Crippen LogP contribution in [0.2, 0.25) is 0 Å². The summed E-state index contributed by atoms with van der Waals surface area (Å²) in [5, 5.41) is 8.65. The van der Waals surface area contributed by atoms with Gasteiger partial charge in [0.2, 0.25) is 0 Å². The van der Waals surface area contributed by atoms with Gasteiger partial charge in [-0.25, -0.2) is 4.79 Å². The van der Waals surface area contributed by atoms with Crippen LogP contribution in [0.25, 0.3) is 0 Å². The Labute approximate surface area is 243 Å². The van der Waals surface area contributed by atoms with Gasteiger partial charge in [-0.1, -0.05) is 97.1 Å². The number of aliphatic carboxylic acids is 1. The van der Waals surface area contributed by atoms with Crippen molar-refractivity contribution in [1.82, 2.24) is 0 Å². The van der Waals surface area contributed by atoms with Gasteiger partial charge in [-0.3, -0.25) is 9.36 Å². The molecule has 0 amide bonds. The highest BCUT2D eigenvalue weighted by atomic mass is 31.2. The molecule has 12 heteroatoms. The Morgan fingerprint density at radius 3 is 1.60 bits per heavy atom. The summed E-state index contributed by atoms with van der Waals surface area (Å²) in [5.74, 6) is -3.21. The van der Waals surface area contributed by atoms with Gasteiger partial charge in [-0.2, -0.15) is 17.6 Å². The minimum absolute atomic E-state index is 0.000732. The highest BCUT2D eigenvalue weighted by molar-refractivity contribution is 7.52. The molecule has 0 spiro atoms. The molecule has 3 N–H and O–H groups in total. The van der Waals surface area contributed by atoms with E-state index in [2.05, 4.69) is 4.74 Å². The van der Waals surface area contributed by atoms with Crippen molar-refractivity contribution < 1.29 is 51.3 Å². The van der Waals surface area contributed by atoms with Crippen molar-refractivity contribution in [3.05, 3.63) is 137 Å². The molecule has 0 radical (unpaired) electrons. The van der Waals surface area contributed by atoms with Crippen LogP contribution < -0.4 is 4.74 Å². The number of ether oxygens (including phenoxy) is 1. The van der Waals surface area contributed by atoms with Crippen LogP contribution in [0, 0.1) is 0 Å². The number of carbonyl (C=O) groups excluding carboxylic acids is 1. The summed E-state index contributed by atoms with van der Waals surface area (Å²) in [5.41, 5.74) is -4.88.